The van der Waals surface area contributed by atoms with E-state index in [0.717, 1.165) is 29.6 Å². The Hall–Kier alpha value is -3.53. The Balaban J connectivity index is 1.25. The van der Waals surface area contributed by atoms with E-state index in [0.29, 0.717) is 34.7 Å². The number of para-hydroxylation sites is 1. The van der Waals surface area contributed by atoms with Crippen LogP contribution in [0.3, 0.4) is 0 Å². The van der Waals surface area contributed by atoms with Gasteiger partial charge in [-0.3, -0.25) is 4.79 Å². The summed E-state index contributed by atoms with van der Waals surface area (Å²) in [6.45, 7) is 0. The summed E-state index contributed by atoms with van der Waals surface area (Å²) in [5.74, 6) is 8.57. The van der Waals surface area contributed by atoms with Gasteiger partial charge in [-0.05, 0) is 37.1 Å². The van der Waals surface area contributed by atoms with Gasteiger partial charge < -0.3 is 14.7 Å². The van der Waals surface area contributed by atoms with Crippen LogP contribution in [0.1, 0.15) is 48.6 Å². The third-order valence-electron chi connectivity index (χ3n) is 5.71. The molecule has 4 aromatic rings. The predicted octanol–water partition coefficient (Wildman–Crippen LogP) is 3.68. The van der Waals surface area contributed by atoms with Crippen molar-refractivity contribution in [2.24, 2.45) is 5.10 Å². The van der Waals surface area contributed by atoms with E-state index in [-0.39, 0.29) is 17.7 Å². The smallest absolute Gasteiger partial charge is 0.253 e. The van der Waals surface area contributed by atoms with Crippen LogP contribution in [0.4, 0.5) is 0 Å². The van der Waals surface area contributed by atoms with Crippen LogP contribution in [0.2, 0.25) is 0 Å². The molecule has 3 aromatic heterocycles. The molecule has 2 aliphatic rings. The summed E-state index contributed by atoms with van der Waals surface area (Å²) in [5, 5.41) is 15.9. The Morgan fingerprint density at radius 2 is 2.06 bits per heavy atom. The lowest BCUT2D eigenvalue weighted by Crippen LogP contribution is -2.28. The van der Waals surface area contributed by atoms with E-state index in [1.807, 2.05) is 42.5 Å². The molecule has 9 nitrogen and oxygen atoms in total. The fraction of sp³-hybridized carbons (Fsp3) is 0.273. The molecule has 1 saturated carbocycles. The highest BCUT2D eigenvalue weighted by atomic mass is 32.2. The summed E-state index contributed by atoms with van der Waals surface area (Å²) in [5.41, 5.74) is 1.49. The summed E-state index contributed by atoms with van der Waals surface area (Å²) in [7, 11) is 0. The zero-order valence-corrected chi connectivity index (χ0v) is 17.9. The third kappa shape index (κ3) is 3.36. The SMILES string of the molecule is Nn1c(SCC(=O)N2N=C(c3cc4ccccc4o3)CC2c2ccco2)nnc1C1CC1. The van der Waals surface area contributed by atoms with E-state index in [4.69, 9.17) is 14.7 Å². The van der Waals surface area contributed by atoms with Gasteiger partial charge in [0, 0.05) is 17.7 Å². The first kappa shape index (κ1) is 19.2. The summed E-state index contributed by atoms with van der Waals surface area (Å²) >= 11 is 1.26. The van der Waals surface area contributed by atoms with Crippen molar-refractivity contribution in [1.82, 2.24) is 19.9 Å². The number of hydrazone groups is 1. The van der Waals surface area contributed by atoms with Crippen LogP contribution in [0, 0.1) is 0 Å². The van der Waals surface area contributed by atoms with Gasteiger partial charge in [0.25, 0.3) is 5.91 Å². The first-order valence-corrected chi connectivity index (χ1v) is 11.4. The van der Waals surface area contributed by atoms with Gasteiger partial charge in [-0.1, -0.05) is 30.0 Å². The molecule has 0 radical (unpaired) electrons. The molecule has 32 heavy (non-hydrogen) atoms. The number of carbonyl (C=O) groups is 1. The monoisotopic (exact) mass is 448 g/mol. The van der Waals surface area contributed by atoms with Crippen LogP contribution in [-0.2, 0) is 4.79 Å². The lowest BCUT2D eigenvalue weighted by Gasteiger charge is -2.19. The molecule has 1 unspecified atom stereocenters. The molecule has 0 bridgehead atoms. The summed E-state index contributed by atoms with van der Waals surface area (Å²) in [4.78, 5) is 13.2. The normalized spacial score (nSPS) is 18.4. The number of fused-ring (bicyclic) bond motifs is 1. The second-order valence-corrected chi connectivity index (χ2v) is 8.89. The number of benzene rings is 1. The number of furan rings is 2. The van der Waals surface area contributed by atoms with E-state index < -0.39 is 0 Å². The van der Waals surface area contributed by atoms with E-state index in [1.54, 1.807) is 6.26 Å². The molecule has 4 heterocycles. The van der Waals surface area contributed by atoms with Crippen molar-refractivity contribution >= 4 is 34.3 Å². The number of rotatable bonds is 6. The molecular weight excluding hydrogens is 428 g/mol. The zero-order chi connectivity index (χ0) is 21.7. The van der Waals surface area contributed by atoms with E-state index >= 15 is 0 Å². The topological polar surface area (TPSA) is 116 Å². The van der Waals surface area contributed by atoms with Crippen molar-refractivity contribution in [2.75, 3.05) is 11.6 Å². The molecule has 1 atom stereocenters. The molecule has 1 aliphatic heterocycles. The summed E-state index contributed by atoms with van der Waals surface area (Å²) in [6.07, 6.45) is 4.26. The first-order valence-electron chi connectivity index (χ1n) is 10.4. The number of nitrogens with zero attached hydrogens (tertiary/aromatic N) is 5. The van der Waals surface area contributed by atoms with Crippen molar-refractivity contribution in [3.8, 4) is 0 Å². The van der Waals surface area contributed by atoms with Crippen LogP contribution in [0.25, 0.3) is 11.0 Å². The molecule has 10 heteroatoms. The number of amides is 1. The maximum Gasteiger partial charge on any atom is 0.253 e. The van der Waals surface area contributed by atoms with E-state index in [2.05, 4.69) is 15.3 Å². The van der Waals surface area contributed by atoms with Crippen LogP contribution >= 0.6 is 11.8 Å². The maximum absolute atomic E-state index is 13.2. The van der Waals surface area contributed by atoms with Gasteiger partial charge in [0.1, 0.15) is 23.1 Å². The fourth-order valence-corrected chi connectivity index (χ4v) is 4.63. The van der Waals surface area contributed by atoms with Crippen molar-refractivity contribution in [2.45, 2.75) is 36.4 Å². The molecule has 0 spiro atoms. The molecule has 6 rings (SSSR count). The number of aromatic nitrogens is 3. The Bertz CT molecular complexity index is 1290. The number of thioether (sulfide) groups is 1. The second kappa shape index (κ2) is 7.56. The Labute approximate surface area is 187 Å². The first-order chi connectivity index (χ1) is 15.7. The zero-order valence-electron chi connectivity index (χ0n) is 17.0. The number of nitrogen functional groups attached to an aromatic ring is 1. The number of nitrogens with two attached hydrogens (primary N) is 1. The minimum atomic E-state index is -0.334. The number of hydrogen-bond donors (Lipinski definition) is 1. The van der Waals surface area contributed by atoms with Gasteiger partial charge in [0.2, 0.25) is 5.16 Å². The predicted molar refractivity (Wildman–Crippen MR) is 119 cm³/mol. The fourth-order valence-electron chi connectivity index (χ4n) is 3.91. The van der Waals surface area contributed by atoms with Gasteiger partial charge in [-0.15, -0.1) is 10.2 Å². The molecule has 162 valence electrons. The lowest BCUT2D eigenvalue weighted by molar-refractivity contribution is -0.130. The quantitative estimate of drug-likeness (QED) is 0.353. The van der Waals surface area contributed by atoms with E-state index in [1.165, 1.54) is 21.4 Å². The Morgan fingerprint density at radius 3 is 2.84 bits per heavy atom. The highest BCUT2D eigenvalue weighted by molar-refractivity contribution is 7.99. The third-order valence-corrected chi connectivity index (χ3v) is 6.63. The van der Waals surface area contributed by atoms with Crippen LogP contribution in [-0.4, -0.2) is 37.3 Å². The van der Waals surface area contributed by atoms with Gasteiger partial charge in [0.15, 0.2) is 11.6 Å². The number of carbonyl (C=O) groups excluding carboxylic acids is 1. The Kier molecular flexibility index (Phi) is 4.53. The minimum absolute atomic E-state index is 0.133. The molecule has 1 amide bonds. The van der Waals surface area contributed by atoms with Gasteiger partial charge in [0.05, 0.1) is 12.0 Å². The molecule has 0 saturated heterocycles. The standard InChI is InChI=1S/C22H20N6O3S/c23-27-21(13-7-8-13)24-25-22(27)32-12-20(29)28-16(18-6-3-9-30-18)11-15(26-28)19-10-14-4-1-2-5-17(14)31-19/h1-6,9-10,13,16H,7-8,11-12,23H2. The van der Waals surface area contributed by atoms with Crippen molar-refractivity contribution in [3.63, 3.8) is 0 Å². The van der Waals surface area contributed by atoms with Crippen LogP contribution in [0.5, 0.6) is 0 Å². The second-order valence-electron chi connectivity index (χ2n) is 7.94. The lowest BCUT2D eigenvalue weighted by atomic mass is 10.1. The largest absolute Gasteiger partial charge is 0.467 e. The highest BCUT2D eigenvalue weighted by Gasteiger charge is 2.36. The van der Waals surface area contributed by atoms with Crippen molar-refractivity contribution in [3.05, 3.63) is 66.1 Å². The highest BCUT2D eigenvalue weighted by Crippen LogP contribution is 2.39. The van der Waals surface area contributed by atoms with Crippen LogP contribution in [0.15, 0.2) is 67.8 Å². The molecule has 1 aromatic carbocycles. The maximum atomic E-state index is 13.2. The molecule has 1 fully saturated rings. The van der Waals surface area contributed by atoms with Gasteiger partial charge >= 0.3 is 0 Å². The summed E-state index contributed by atoms with van der Waals surface area (Å²) < 4.78 is 13.1. The molecule has 1 aliphatic carbocycles. The van der Waals surface area contributed by atoms with Gasteiger partial charge in [-0.25, -0.2) is 9.69 Å². The van der Waals surface area contributed by atoms with Crippen molar-refractivity contribution in [1.29, 1.82) is 0 Å². The average molecular weight is 449 g/mol. The minimum Gasteiger partial charge on any atom is -0.467 e. The summed E-state index contributed by atoms with van der Waals surface area (Å²) in [6, 6.07) is 13.1. The number of hydrogen-bond acceptors (Lipinski definition) is 8. The molecular formula is C22H20N6O3S. The van der Waals surface area contributed by atoms with E-state index in [9.17, 15) is 4.79 Å². The average Bonchev–Trinajstić information content (AvgIpc) is 3.23. The van der Waals surface area contributed by atoms with Gasteiger partial charge in [-0.2, -0.15) is 5.10 Å². The molecule has 2 N–H and O–H groups in total. The van der Waals surface area contributed by atoms with Crippen molar-refractivity contribution < 1.29 is 13.6 Å². The van der Waals surface area contributed by atoms with Crippen LogP contribution < -0.4 is 5.84 Å². The Morgan fingerprint density at radius 1 is 1.19 bits per heavy atom.